The van der Waals surface area contributed by atoms with Crippen LogP contribution in [0.25, 0.3) is 0 Å². The number of methoxy groups -OCH3 is 2. The molecular weight excluding hydrogens is 234 g/mol. The van der Waals surface area contributed by atoms with Crippen molar-refractivity contribution in [3.63, 3.8) is 0 Å². The topological polar surface area (TPSA) is 79.5 Å². The van der Waals surface area contributed by atoms with Crippen molar-refractivity contribution in [1.82, 2.24) is 9.97 Å². The van der Waals surface area contributed by atoms with E-state index in [2.05, 4.69) is 9.97 Å². The van der Waals surface area contributed by atoms with Crippen molar-refractivity contribution in [2.75, 3.05) is 14.2 Å². The molecule has 6 heteroatoms. The average Bonchev–Trinajstić information content (AvgIpc) is 2.83. The third kappa shape index (κ3) is 2.54. The Morgan fingerprint density at radius 3 is 2.72 bits per heavy atom. The van der Waals surface area contributed by atoms with E-state index in [9.17, 15) is 0 Å². The van der Waals surface area contributed by atoms with Gasteiger partial charge in [0.05, 0.1) is 38.7 Å². The second kappa shape index (κ2) is 5.49. The van der Waals surface area contributed by atoms with Gasteiger partial charge in [0.15, 0.2) is 0 Å². The molecular formula is C12H19N3O3. The molecule has 2 heterocycles. The first-order chi connectivity index (χ1) is 8.65. The summed E-state index contributed by atoms with van der Waals surface area (Å²) in [4.78, 5) is 8.45. The first kappa shape index (κ1) is 13.0. The lowest BCUT2D eigenvalue weighted by Gasteiger charge is -2.20. The smallest absolute Gasteiger partial charge is 0.240 e. The number of ether oxygens (including phenoxy) is 3. The summed E-state index contributed by atoms with van der Waals surface area (Å²) in [5.74, 6) is 0.800. The Kier molecular flexibility index (Phi) is 3.98. The molecule has 0 aliphatic carbocycles. The maximum Gasteiger partial charge on any atom is 0.240 e. The quantitative estimate of drug-likeness (QED) is 0.864. The Labute approximate surface area is 106 Å². The molecule has 1 fully saturated rings. The van der Waals surface area contributed by atoms with Crippen LogP contribution in [0.2, 0.25) is 0 Å². The molecule has 1 aliphatic heterocycles. The molecule has 0 aromatic carbocycles. The van der Waals surface area contributed by atoms with Crippen molar-refractivity contribution in [2.24, 2.45) is 5.73 Å². The number of rotatable bonds is 4. The van der Waals surface area contributed by atoms with Gasteiger partial charge in [-0.25, -0.2) is 4.98 Å². The van der Waals surface area contributed by atoms with Gasteiger partial charge in [-0.3, -0.25) is 0 Å². The SMILES string of the molecule is COc1cnc(C(N)C2CCC(C)O2)c(OC)n1. The molecule has 1 aliphatic rings. The zero-order chi connectivity index (χ0) is 13.1. The summed E-state index contributed by atoms with van der Waals surface area (Å²) >= 11 is 0. The van der Waals surface area contributed by atoms with Crippen LogP contribution in [0, 0.1) is 0 Å². The fraction of sp³-hybridized carbons (Fsp3) is 0.667. The van der Waals surface area contributed by atoms with Crippen molar-refractivity contribution in [3.05, 3.63) is 11.9 Å². The standard InChI is InChI=1S/C12H19N3O3/c1-7-4-5-8(18-7)10(13)11-12(17-3)15-9(16-2)6-14-11/h6-8,10H,4-5,13H2,1-3H3. The van der Waals surface area contributed by atoms with Crippen LogP contribution < -0.4 is 15.2 Å². The molecule has 100 valence electrons. The zero-order valence-electron chi connectivity index (χ0n) is 10.9. The minimum atomic E-state index is -0.330. The Hall–Kier alpha value is -1.40. The fourth-order valence-electron chi connectivity index (χ4n) is 2.12. The molecule has 3 atom stereocenters. The van der Waals surface area contributed by atoms with Crippen LogP contribution in [0.15, 0.2) is 6.20 Å². The van der Waals surface area contributed by atoms with Crippen LogP contribution in [-0.4, -0.2) is 36.4 Å². The number of nitrogens with two attached hydrogens (primary N) is 1. The summed E-state index contributed by atoms with van der Waals surface area (Å²) in [5, 5.41) is 0. The van der Waals surface area contributed by atoms with Gasteiger partial charge in [0.25, 0.3) is 0 Å². The van der Waals surface area contributed by atoms with E-state index in [0.29, 0.717) is 17.5 Å². The van der Waals surface area contributed by atoms with E-state index >= 15 is 0 Å². The number of nitrogens with zero attached hydrogens (tertiary/aromatic N) is 2. The van der Waals surface area contributed by atoms with Gasteiger partial charge in [0.1, 0.15) is 5.69 Å². The third-order valence-corrected chi connectivity index (χ3v) is 3.13. The molecule has 0 amide bonds. The van der Waals surface area contributed by atoms with Crippen molar-refractivity contribution in [3.8, 4) is 11.8 Å². The lowest BCUT2D eigenvalue weighted by Crippen LogP contribution is -2.28. The van der Waals surface area contributed by atoms with Crippen LogP contribution in [0.3, 0.4) is 0 Å². The van der Waals surface area contributed by atoms with Crippen molar-refractivity contribution in [2.45, 2.75) is 38.0 Å². The van der Waals surface area contributed by atoms with E-state index in [0.717, 1.165) is 12.8 Å². The minimum absolute atomic E-state index is 0.0309. The number of hydrogen-bond donors (Lipinski definition) is 1. The summed E-state index contributed by atoms with van der Waals surface area (Å²) in [6, 6.07) is -0.330. The summed E-state index contributed by atoms with van der Waals surface area (Å²) in [6.45, 7) is 2.05. The zero-order valence-corrected chi connectivity index (χ0v) is 10.9. The lowest BCUT2D eigenvalue weighted by atomic mass is 10.1. The van der Waals surface area contributed by atoms with E-state index in [4.69, 9.17) is 19.9 Å². The molecule has 18 heavy (non-hydrogen) atoms. The van der Waals surface area contributed by atoms with Crippen LogP contribution in [0.5, 0.6) is 11.8 Å². The lowest BCUT2D eigenvalue weighted by molar-refractivity contribution is 0.0386. The van der Waals surface area contributed by atoms with Gasteiger partial charge in [-0.2, -0.15) is 4.98 Å². The maximum atomic E-state index is 6.18. The molecule has 2 rings (SSSR count). The largest absolute Gasteiger partial charge is 0.480 e. The molecule has 6 nitrogen and oxygen atoms in total. The molecule has 0 saturated carbocycles. The Morgan fingerprint density at radius 1 is 1.39 bits per heavy atom. The van der Waals surface area contributed by atoms with Crippen molar-refractivity contribution >= 4 is 0 Å². The average molecular weight is 253 g/mol. The highest BCUT2D eigenvalue weighted by Crippen LogP contribution is 2.31. The van der Waals surface area contributed by atoms with Gasteiger partial charge in [0, 0.05) is 0 Å². The molecule has 1 aromatic rings. The first-order valence-electron chi connectivity index (χ1n) is 6.01. The molecule has 2 N–H and O–H groups in total. The molecule has 3 unspecified atom stereocenters. The maximum absolute atomic E-state index is 6.18. The molecule has 0 spiro atoms. The fourth-order valence-corrected chi connectivity index (χ4v) is 2.12. The highest BCUT2D eigenvalue weighted by atomic mass is 16.5. The molecule has 1 aromatic heterocycles. The van der Waals surface area contributed by atoms with Gasteiger partial charge >= 0.3 is 0 Å². The molecule has 1 saturated heterocycles. The highest BCUT2D eigenvalue weighted by molar-refractivity contribution is 5.26. The van der Waals surface area contributed by atoms with Crippen LogP contribution >= 0.6 is 0 Å². The van der Waals surface area contributed by atoms with Gasteiger partial charge in [-0.05, 0) is 19.8 Å². The first-order valence-corrected chi connectivity index (χ1v) is 6.01. The predicted octanol–water partition coefficient (Wildman–Crippen LogP) is 1.06. The minimum Gasteiger partial charge on any atom is -0.480 e. The van der Waals surface area contributed by atoms with Gasteiger partial charge in [-0.1, -0.05) is 0 Å². The molecule has 0 radical (unpaired) electrons. The monoisotopic (exact) mass is 253 g/mol. The predicted molar refractivity (Wildman–Crippen MR) is 65.6 cm³/mol. The summed E-state index contributed by atoms with van der Waals surface area (Å²) < 4.78 is 16.0. The van der Waals surface area contributed by atoms with Crippen molar-refractivity contribution in [1.29, 1.82) is 0 Å². The van der Waals surface area contributed by atoms with E-state index in [1.54, 1.807) is 0 Å². The second-order valence-electron chi connectivity index (χ2n) is 4.40. The van der Waals surface area contributed by atoms with Crippen molar-refractivity contribution < 1.29 is 14.2 Å². The second-order valence-corrected chi connectivity index (χ2v) is 4.40. The number of aromatic nitrogens is 2. The molecule has 0 bridgehead atoms. The van der Waals surface area contributed by atoms with Crippen LogP contribution in [0.1, 0.15) is 31.5 Å². The van der Waals surface area contributed by atoms with Crippen LogP contribution in [-0.2, 0) is 4.74 Å². The Morgan fingerprint density at radius 2 is 2.17 bits per heavy atom. The summed E-state index contributed by atoms with van der Waals surface area (Å²) in [7, 11) is 3.07. The van der Waals surface area contributed by atoms with Gasteiger partial charge < -0.3 is 19.9 Å². The van der Waals surface area contributed by atoms with Crippen LogP contribution in [0.4, 0.5) is 0 Å². The van der Waals surface area contributed by atoms with E-state index in [1.807, 2.05) is 6.92 Å². The third-order valence-electron chi connectivity index (χ3n) is 3.13. The van der Waals surface area contributed by atoms with Gasteiger partial charge in [0.2, 0.25) is 11.8 Å². The van der Waals surface area contributed by atoms with E-state index < -0.39 is 0 Å². The van der Waals surface area contributed by atoms with E-state index in [1.165, 1.54) is 20.4 Å². The van der Waals surface area contributed by atoms with E-state index in [-0.39, 0.29) is 18.2 Å². The normalized spacial score (nSPS) is 24.9. The van der Waals surface area contributed by atoms with Gasteiger partial charge in [-0.15, -0.1) is 0 Å². The number of hydrogen-bond acceptors (Lipinski definition) is 6. The summed E-state index contributed by atoms with van der Waals surface area (Å²) in [5.41, 5.74) is 6.79. The Balaban J connectivity index is 2.21. The highest BCUT2D eigenvalue weighted by Gasteiger charge is 2.31. The Bertz CT molecular complexity index is 414. The summed E-state index contributed by atoms with van der Waals surface area (Å²) in [6.07, 6.45) is 3.70.